The summed E-state index contributed by atoms with van der Waals surface area (Å²) in [6.07, 6.45) is 6.46. The first kappa shape index (κ1) is 16.2. The third-order valence-electron chi connectivity index (χ3n) is 5.24. The summed E-state index contributed by atoms with van der Waals surface area (Å²) in [5.41, 5.74) is -0.243. The minimum absolute atomic E-state index is 0.0557. The molecule has 1 aliphatic carbocycles. The first-order valence-electron chi connectivity index (χ1n) is 8.19. The minimum Gasteiger partial charge on any atom is -0.375 e. The van der Waals surface area contributed by atoms with Gasteiger partial charge in [-0.1, -0.05) is 0 Å². The van der Waals surface area contributed by atoms with E-state index in [0.29, 0.717) is 19.7 Å². The molecule has 0 aromatic heterocycles. The van der Waals surface area contributed by atoms with E-state index < -0.39 is 10.0 Å². The molecule has 2 heterocycles. The summed E-state index contributed by atoms with van der Waals surface area (Å²) in [7, 11) is -3.17. The Morgan fingerprint density at radius 3 is 2.32 bits per heavy atom. The van der Waals surface area contributed by atoms with Crippen molar-refractivity contribution in [3.05, 3.63) is 0 Å². The van der Waals surface area contributed by atoms with E-state index in [-0.39, 0.29) is 23.6 Å². The van der Waals surface area contributed by atoms with Crippen molar-refractivity contribution in [3.8, 4) is 0 Å². The van der Waals surface area contributed by atoms with Crippen molar-refractivity contribution in [1.82, 2.24) is 9.21 Å². The number of hydrogen-bond donors (Lipinski definition) is 0. The SMILES string of the molecule is CC(=O)N1CCC2(CC1)CC(N(C1CC1)S(C)(=O)=O)CCO2. The Bertz CT molecular complexity index is 536. The van der Waals surface area contributed by atoms with Crippen LogP contribution in [0, 0.1) is 0 Å². The van der Waals surface area contributed by atoms with Gasteiger partial charge in [0.05, 0.1) is 11.9 Å². The van der Waals surface area contributed by atoms with E-state index in [9.17, 15) is 13.2 Å². The fourth-order valence-electron chi connectivity index (χ4n) is 3.97. The number of likely N-dealkylation sites (tertiary alicyclic amines) is 1. The molecule has 0 bridgehead atoms. The molecule has 0 N–H and O–H groups in total. The molecule has 2 aliphatic heterocycles. The molecule has 3 aliphatic rings. The standard InChI is InChI=1S/C15H26N2O4S/c1-12(18)16-8-6-15(7-9-16)11-14(5-10-21-15)17(13-3-4-13)22(2,19)20/h13-14H,3-11H2,1-2H3. The first-order chi connectivity index (χ1) is 10.3. The van der Waals surface area contributed by atoms with E-state index in [4.69, 9.17) is 4.74 Å². The van der Waals surface area contributed by atoms with Crippen LogP contribution in [0.5, 0.6) is 0 Å². The molecule has 1 saturated carbocycles. The number of carbonyl (C=O) groups is 1. The Hall–Kier alpha value is -0.660. The summed E-state index contributed by atoms with van der Waals surface area (Å²) < 4.78 is 32.1. The molecule has 6 nitrogen and oxygen atoms in total. The maximum atomic E-state index is 12.2. The van der Waals surface area contributed by atoms with Gasteiger partial charge in [0.25, 0.3) is 0 Å². The Kier molecular flexibility index (Phi) is 4.24. The van der Waals surface area contributed by atoms with Gasteiger partial charge in [0, 0.05) is 38.7 Å². The highest BCUT2D eigenvalue weighted by molar-refractivity contribution is 7.88. The zero-order valence-electron chi connectivity index (χ0n) is 13.5. The molecule has 1 unspecified atom stereocenters. The Labute approximate surface area is 132 Å². The third kappa shape index (κ3) is 3.31. The van der Waals surface area contributed by atoms with Crippen molar-refractivity contribution < 1.29 is 17.9 Å². The lowest BCUT2D eigenvalue weighted by molar-refractivity contribution is -0.145. The molecule has 1 amide bonds. The van der Waals surface area contributed by atoms with Crippen LogP contribution in [0.15, 0.2) is 0 Å². The molecule has 3 fully saturated rings. The zero-order chi connectivity index (χ0) is 16.0. The molecule has 22 heavy (non-hydrogen) atoms. The van der Waals surface area contributed by atoms with Crippen LogP contribution in [0.1, 0.15) is 45.4 Å². The van der Waals surface area contributed by atoms with Crippen LogP contribution in [0.4, 0.5) is 0 Å². The largest absolute Gasteiger partial charge is 0.375 e. The first-order valence-corrected chi connectivity index (χ1v) is 10.0. The van der Waals surface area contributed by atoms with Crippen molar-refractivity contribution in [3.63, 3.8) is 0 Å². The van der Waals surface area contributed by atoms with Crippen molar-refractivity contribution in [1.29, 1.82) is 0 Å². The molecular weight excluding hydrogens is 304 g/mol. The Morgan fingerprint density at radius 2 is 1.82 bits per heavy atom. The number of carbonyl (C=O) groups excluding carboxylic acids is 1. The van der Waals surface area contributed by atoms with Crippen molar-refractivity contribution in [2.45, 2.75) is 63.1 Å². The minimum atomic E-state index is -3.17. The maximum Gasteiger partial charge on any atom is 0.219 e. The van der Waals surface area contributed by atoms with Gasteiger partial charge in [-0.3, -0.25) is 4.79 Å². The predicted molar refractivity (Wildman–Crippen MR) is 82.9 cm³/mol. The number of rotatable bonds is 3. The molecule has 7 heteroatoms. The highest BCUT2D eigenvalue weighted by Gasteiger charge is 2.47. The zero-order valence-corrected chi connectivity index (χ0v) is 14.3. The number of nitrogens with zero attached hydrogens (tertiary/aromatic N) is 2. The summed E-state index contributed by atoms with van der Waals surface area (Å²) in [5.74, 6) is 0.109. The van der Waals surface area contributed by atoms with Crippen LogP contribution in [0.25, 0.3) is 0 Å². The molecule has 0 aromatic rings. The van der Waals surface area contributed by atoms with Gasteiger partial charge in [-0.25, -0.2) is 8.42 Å². The molecule has 0 aromatic carbocycles. The third-order valence-corrected chi connectivity index (χ3v) is 6.60. The number of sulfonamides is 1. The quantitative estimate of drug-likeness (QED) is 0.773. The summed E-state index contributed by atoms with van der Waals surface area (Å²) in [6.45, 7) is 3.64. The lowest BCUT2D eigenvalue weighted by atomic mass is 9.82. The molecule has 1 atom stereocenters. The topological polar surface area (TPSA) is 66.9 Å². The van der Waals surface area contributed by atoms with Gasteiger partial charge in [0.15, 0.2) is 0 Å². The summed E-state index contributed by atoms with van der Waals surface area (Å²) in [6, 6.07) is 0.257. The number of piperidine rings is 1. The van der Waals surface area contributed by atoms with Gasteiger partial charge < -0.3 is 9.64 Å². The smallest absolute Gasteiger partial charge is 0.219 e. The molecule has 1 spiro atoms. The highest BCUT2D eigenvalue weighted by Crippen LogP contribution is 2.40. The Morgan fingerprint density at radius 1 is 1.18 bits per heavy atom. The molecule has 0 radical (unpaired) electrons. The van der Waals surface area contributed by atoms with Gasteiger partial charge in [-0.05, 0) is 38.5 Å². The van der Waals surface area contributed by atoms with E-state index in [1.54, 1.807) is 11.2 Å². The van der Waals surface area contributed by atoms with Gasteiger partial charge in [-0.15, -0.1) is 0 Å². The fourth-order valence-corrected chi connectivity index (χ4v) is 5.44. The van der Waals surface area contributed by atoms with Crippen LogP contribution in [0.2, 0.25) is 0 Å². The predicted octanol–water partition coefficient (Wildman–Crippen LogP) is 0.971. The van der Waals surface area contributed by atoms with Crippen molar-refractivity contribution in [2.24, 2.45) is 0 Å². The normalized spacial score (nSPS) is 29.0. The van der Waals surface area contributed by atoms with E-state index >= 15 is 0 Å². The maximum absolute atomic E-state index is 12.2. The summed E-state index contributed by atoms with van der Waals surface area (Å²) in [5, 5.41) is 0. The monoisotopic (exact) mass is 330 g/mol. The van der Waals surface area contributed by atoms with Crippen LogP contribution in [-0.2, 0) is 19.6 Å². The number of amides is 1. The molecule has 126 valence electrons. The highest BCUT2D eigenvalue weighted by atomic mass is 32.2. The van der Waals surface area contributed by atoms with Crippen LogP contribution in [0.3, 0.4) is 0 Å². The molecule has 2 saturated heterocycles. The van der Waals surface area contributed by atoms with E-state index in [1.807, 2.05) is 4.90 Å². The number of ether oxygens (including phenoxy) is 1. The summed E-state index contributed by atoms with van der Waals surface area (Å²) in [4.78, 5) is 13.3. The fraction of sp³-hybridized carbons (Fsp3) is 0.933. The average molecular weight is 330 g/mol. The van der Waals surface area contributed by atoms with E-state index in [1.165, 1.54) is 6.26 Å². The van der Waals surface area contributed by atoms with Crippen LogP contribution >= 0.6 is 0 Å². The van der Waals surface area contributed by atoms with Crippen LogP contribution in [-0.4, -0.2) is 67.2 Å². The Balaban J connectivity index is 1.70. The van der Waals surface area contributed by atoms with Gasteiger partial charge in [-0.2, -0.15) is 4.31 Å². The van der Waals surface area contributed by atoms with Gasteiger partial charge in [0.2, 0.25) is 15.9 Å². The van der Waals surface area contributed by atoms with Gasteiger partial charge in [0.1, 0.15) is 0 Å². The van der Waals surface area contributed by atoms with Crippen molar-refractivity contribution in [2.75, 3.05) is 26.0 Å². The van der Waals surface area contributed by atoms with Gasteiger partial charge >= 0.3 is 0 Å². The molecular formula is C15H26N2O4S. The molecule has 3 rings (SSSR count). The second-order valence-electron chi connectivity index (χ2n) is 7.01. The van der Waals surface area contributed by atoms with Crippen molar-refractivity contribution >= 4 is 15.9 Å². The summed E-state index contributed by atoms with van der Waals surface area (Å²) >= 11 is 0. The lowest BCUT2D eigenvalue weighted by Crippen LogP contribution is -2.55. The second kappa shape index (κ2) is 5.76. The second-order valence-corrected chi connectivity index (χ2v) is 8.90. The number of hydrogen-bond acceptors (Lipinski definition) is 4. The van der Waals surface area contributed by atoms with Crippen LogP contribution < -0.4 is 0 Å². The lowest BCUT2D eigenvalue weighted by Gasteiger charge is -2.48. The average Bonchev–Trinajstić information content (AvgIpc) is 3.22. The van der Waals surface area contributed by atoms with E-state index in [2.05, 4.69) is 0 Å². The van der Waals surface area contributed by atoms with E-state index in [0.717, 1.165) is 38.5 Å².